The Morgan fingerprint density at radius 2 is 0.674 bits per heavy atom. The van der Waals surface area contributed by atoms with E-state index < -0.39 is 5.97 Å². The van der Waals surface area contributed by atoms with E-state index in [2.05, 4.69) is 13.8 Å². The number of carboxylic acids is 1. The maximum atomic E-state index is 12.5. The van der Waals surface area contributed by atoms with Crippen LogP contribution in [-0.4, -0.2) is 23.1 Å². The molecule has 0 rings (SSSR count). The molecule has 0 bridgehead atoms. The first-order valence-corrected chi connectivity index (χ1v) is 21.0. The Kier molecular flexibility index (Phi) is 37.5. The lowest BCUT2D eigenvalue weighted by molar-refractivity contribution is -0.150. The van der Waals surface area contributed by atoms with Crippen molar-refractivity contribution in [2.45, 2.75) is 258 Å². The van der Waals surface area contributed by atoms with E-state index in [0.717, 1.165) is 25.7 Å². The Balaban J connectivity index is 3.73. The second-order valence-corrected chi connectivity index (χ2v) is 14.5. The van der Waals surface area contributed by atoms with Gasteiger partial charge >= 0.3 is 11.9 Å². The first-order valence-electron chi connectivity index (χ1n) is 21.0. The van der Waals surface area contributed by atoms with Crippen molar-refractivity contribution in [3.05, 3.63) is 0 Å². The predicted molar refractivity (Wildman–Crippen MR) is 200 cm³/mol. The van der Waals surface area contributed by atoms with Gasteiger partial charge in [-0.3, -0.25) is 9.59 Å². The molecule has 0 fully saturated rings. The minimum Gasteiger partial charge on any atom is -0.481 e. The van der Waals surface area contributed by atoms with Gasteiger partial charge in [-0.25, -0.2) is 0 Å². The van der Waals surface area contributed by atoms with E-state index in [1.165, 1.54) is 186 Å². The van der Waals surface area contributed by atoms with E-state index in [4.69, 9.17) is 9.84 Å². The summed E-state index contributed by atoms with van der Waals surface area (Å²) in [6.07, 6.45) is 45.5. The summed E-state index contributed by atoms with van der Waals surface area (Å²) >= 11 is 0. The van der Waals surface area contributed by atoms with Crippen LogP contribution in [-0.2, 0) is 14.3 Å². The highest BCUT2D eigenvalue weighted by molar-refractivity contribution is 5.69. The molecule has 0 aromatic rings. The minimum atomic E-state index is -0.763. The second kappa shape index (κ2) is 38.4. The number of esters is 1. The molecule has 0 aromatic heterocycles. The summed E-state index contributed by atoms with van der Waals surface area (Å²) in [7, 11) is 0. The summed E-state index contributed by atoms with van der Waals surface area (Å²) in [4.78, 5) is 23.5. The van der Waals surface area contributed by atoms with E-state index in [1.54, 1.807) is 0 Å². The van der Waals surface area contributed by atoms with Gasteiger partial charge in [0.15, 0.2) is 0 Å². The van der Waals surface area contributed by atoms with Crippen molar-refractivity contribution in [2.75, 3.05) is 0 Å². The third-order valence-corrected chi connectivity index (χ3v) is 9.83. The van der Waals surface area contributed by atoms with Crippen molar-refractivity contribution < 1.29 is 19.4 Å². The van der Waals surface area contributed by atoms with E-state index in [1.807, 2.05) is 0 Å². The number of carbonyl (C=O) groups excluding carboxylic acids is 1. The smallest absolute Gasteiger partial charge is 0.306 e. The highest BCUT2D eigenvalue weighted by Gasteiger charge is 2.15. The third-order valence-electron chi connectivity index (χ3n) is 9.83. The molecular formula is C42H82O4. The second-order valence-electron chi connectivity index (χ2n) is 14.5. The van der Waals surface area contributed by atoms with Crippen LogP contribution in [0.5, 0.6) is 0 Å². The number of ether oxygens (including phenoxy) is 1. The van der Waals surface area contributed by atoms with E-state index >= 15 is 0 Å². The van der Waals surface area contributed by atoms with Crippen LogP contribution in [0.2, 0.25) is 0 Å². The molecule has 0 aromatic carbocycles. The van der Waals surface area contributed by atoms with Gasteiger partial charge in [-0.1, -0.05) is 206 Å². The van der Waals surface area contributed by atoms with Crippen molar-refractivity contribution in [1.29, 1.82) is 0 Å². The van der Waals surface area contributed by atoms with Crippen LogP contribution in [0.15, 0.2) is 0 Å². The summed E-state index contributed by atoms with van der Waals surface area (Å²) in [5.41, 5.74) is 0. The molecule has 0 aliphatic heterocycles. The van der Waals surface area contributed by atoms with Crippen LogP contribution in [0.3, 0.4) is 0 Å². The van der Waals surface area contributed by atoms with Crippen molar-refractivity contribution in [3.63, 3.8) is 0 Å². The Bertz CT molecular complexity index is 619. The molecule has 46 heavy (non-hydrogen) atoms. The molecule has 0 aliphatic carbocycles. The Labute approximate surface area is 288 Å². The van der Waals surface area contributed by atoms with Crippen LogP contribution in [0, 0.1) is 0 Å². The zero-order valence-electron chi connectivity index (χ0n) is 31.4. The van der Waals surface area contributed by atoms with Crippen LogP contribution in [0.4, 0.5) is 0 Å². The van der Waals surface area contributed by atoms with Gasteiger partial charge in [0.05, 0.1) is 0 Å². The molecule has 1 unspecified atom stereocenters. The quantitative estimate of drug-likeness (QED) is 0.0531. The monoisotopic (exact) mass is 651 g/mol. The number of hydrogen-bond donors (Lipinski definition) is 1. The average Bonchev–Trinajstić information content (AvgIpc) is 3.04. The molecule has 0 heterocycles. The molecule has 1 N–H and O–H groups in total. The maximum Gasteiger partial charge on any atom is 0.306 e. The zero-order valence-corrected chi connectivity index (χ0v) is 31.4. The van der Waals surface area contributed by atoms with Gasteiger partial charge < -0.3 is 9.84 Å². The van der Waals surface area contributed by atoms with E-state index in [-0.39, 0.29) is 18.5 Å². The van der Waals surface area contributed by atoms with E-state index in [0.29, 0.717) is 19.3 Å². The number of carbonyl (C=O) groups is 2. The predicted octanol–water partition coefficient (Wildman–Crippen LogP) is 14.5. The highest BCUT2D eigenvalue weighted by atomic mass is 16.5. The van der Waals surface area contributed by atoms with Crippen molar-refractivity contribution in [1.82, 2.24) is 0 Å². The first kappa shape index (κ1) is 44.9. The fourth-order valence-corrected chi connectivity index (χ4v) is 6.73. The van der Waals surface area contributed by atoms with Crippen molar-refractivity contribution in [3.8, 4) is 0 Å². The van der Waals surface area contributed by atoms with Crippen LogP contribution in [0.25, 0.3) is 0 Å². The van der Waals surface area contributed by atoms with Gasteiger partial charge in [-0.05, 0) is 32.1 Å². The Hall–Kier alpha value is -1.06. The first-order chi connectivity index (χ1) is 22.6. The highest BCUT2D eigenvalue weighted by Crippen LogP contribution is 2.19. The molecule has 0 amide bonds. The topological polar surface area (TPSA) is 63.6 Å². The molecule has 4 heteroatoms. The number of carboxylic acid groups (broad SMARTS) is 1. The van der Waals surface area contributed by atoms with Gasteiger partial charge in [0.25, 0.3) is 0 Å². The number of hydrogen-bond acceptors (Lipinski definition) is 3. The molecule has 0 saturated carbocycles. The van der Waals surface area contributed by atoms with Gasteiger partial charge in [-0.15, -0.1) is 0 Å². The lowest BCUT2D eigenvalue weighted by Gasteiger charge is -2.18. The minimum absolute atomic E-state index is 0.0813. The molecule has 0 spiro atoms. The van der Waals surface area contributed by atoms with Gasteiger partial charge in [-0.2, -0.15) is 0 Å². The molecule has 274 valence electrons. The number of rotatable bonds is 39. The largest absolute Gasteiger partial charge is 0.481 e. The van der Waals surface area contributed by atoms with Crippen LogP contribution in [0.1, 0.15) is 251 Å². The Morgan fingerprint density at radius 3 is 1.00 bits per heavy atom. The molecular weight excluding hydrogens is 568 g/mol. The molecule has 0 radical (unpaired) electrons. The summed E-state index contributed by atoms with van der Waals surface area (Å²) in [5.74, 6) is -0.845. The van der Waals surface area contributed by atoms with Crippen molar-refractivity contribution >= 4 is 11.9 Å². The number of unbranched alkanes of at least 4 members (excludes halogenated alkanes) is 30. The summed E-state index contributed by atoms with van der Waals surface area (Å²) in [6, 6.07) is 0. The summed E-state index contributed by atoms with van der Waals surface area (Å²) in [6.45, 7) is 4.56. The normalized spacial score (nSPS) is 12.0. The van der Waals surface area contributed by atoms with Gasteiger partial charge in [0.1, 0.15) is 6.10 Å². The number of aliphatic carboxylic acids is 1. The lowest BCUT2D eigenvalue weighted by Crippen LogP contribution is -2.18. The third kappa shape index (κ3) is 37.4. The van der Waals surface area contributed by atoms with E-state index in [9.17, 15) is 9.59 Å². The maximum absolute atomic E-state index is 12.5. The summed E-state index contributed by atoms with van der Waals surface area (Å²) in [5, 5.41) is 9.03. The molecule has 0 saturated heterocycles. The lowest BCUT2D eigenvalue weighted by atomic mass is 10.0. The van der Waals surface area contributed by atoms with Crippen LogP contribution < -0.4 is 0 Å². The average molecular weight is 651 g/mol. The fourth-order valence-electron chi connectivity index (χ4n) is 6.73. The SMILES string of the molecule is CCCCCCCCCCCCCCCCCCCC(=O)OC(CCCCCCCCCCCCCCCCC)CCCC(=O)O. The zero-order chi connectivity index (χ0) is 33.6. The molecule has 4 nitrogen and oxygen atoms in total. The van der Waals surface area contributed by atoms with Crippen molar-refractivity contribution in [2.24, 2.45) is 0 Å². The van der Waals surface area contributed by atoms with Crippen LogP contribution >= 0.6 is 0 Å². The summed E-state index contributed by atoms with van der Waals surface area (Å²) < 4.78 is 5.85. The molecule has 0 aliphatic rings. The fraction of sp³-hybridized carbons (Fsp3) is 0.952. The molecule has 1 atom stereocenters. The van der Waals surface area contributed by atoms with Gasteiger partial charge in [0, 0.05) is 12.8 Å². The standard InChI is InChI=1S/C42H82O4/c1-3-5-7-9-11-13-15-17-19-20-22-24-26-28-30-32-34-39-42(45)46-40(37-35-38-41(43)44)36-33-31-29-27-25-23-21-18-16-14-12-10-8-6-4-2/h40H,3-39H2,1-2H3,(H,43,44). The Morgan fingerprint density at radius 1 is 0.391 bits per heavy atom. The van der Waals surface area contributed by atoms with Gasteiger partial charge in [0.2, 0.25) is 0 Å².